The van der Waals surface area contributed by atoms with E-state index in [4.69, 9.17) is 28.2 Å². The number of amides is 1. The van der Waals surface area contributed by atoms with Crippen LogP contribution < -0.4 is 10.6 Å². The number of amidine groups is 1. The van der Waals surface area contributed by atoms with Crippen LogP contribution in [0.3, 0.4) is 0 Å². The summed E-state index contributed by atoms with van der Waals surface area (Å²) in [5.41, 5.74) is 5.11. The number of rotatable bonds is 6. The number of aliphatic hydroxyl groups excluding tert-OH is 1. The molecule has 1 aliphatic heterocycles. The Labute approximate surface area is 235 Å². The molecule has 0 spiro atoms. The molecule has 3 aliphatic carbocycles. The zero-order chi connectivity index (χ0) is 27.4. The number of aliphatic imine (C=N–C) groups is 1. The van der Waals surface area contributed by atoms with Gasteiger partial charge < -0.3 is 15.3 Å². The zero-order valence-electron chi connectivity index (χ0n) is 22.4. The van der Waals surface area contributed by atoms with Crippen LogP contribution in [0.25, 0.3) is 0 Å². The highest BCUT2D eigenvalue weighted by molar-refractivity contribution is 6.33. The van der Waals surface area contributed by atoms with Gasteiger partial charge >= 0.3 is 0 Å². The van der Waals surface area contributed by atoms with Crippen LogP contribution in [-0.4, -0.2) is 46.9 Å². The summed E-state index contributed by atoms with van der Waals surface area (Å²) in [4.78, 5) is 20.2. The summed E-state index contributed by atoms with van der Waals surface area (Å²) in [6.07, 6.45) is 19.7. The van der Waals surface area contributed by atoms with Gasteiger partial charge in [-0.15, -0.1) is 11.6 Å². The highest BCUT2D eigenvalue weighted by Gasteiger charge is 2.24. The number of fused-ring (bicyclic) bond motifs is 2. The van der Waals surface area contributed by atoms with E-state index in [0.717, 1.165) is 46.9 Å². The lowest BCUT2D eigenvalue weighted by Gasteiger charge is -2.31. The Bertz CT molecular complexity index is 1260. The monoisotopic (exact) mass is 554 g/mol. The first-order valence-electron chi connectivity index (χ1n) is 12.9. The molecule has 202 valence electrons. The van der Waals surface area contributed by atoms with E-state index in [0.29, 0.717) is 30.0 Å². The predicted molar refractivity (Wildman–Crippen MR) is 156 cm³/mol. The lowest BCUT2D eigenvalue weighted by atomic mass is 9.94. The van der Waals surface area contributed by atoms with Crippen molar-refractivity contribution in [1.82, 2.24) is 15.5 Å². The molecule has 0 aromatic heterocycles. The number of carbonyl (C=O) groups excluding carboxylic acids is 1. The lowest BCUT2D eigenvalue weighted by Crippen LogP contribution is -2.40. The van der Waals surface area contributed by atoms with Crippen molar-refractivity contribution in [3.63, 3.8) is 0 Å². The van der Waals surface area contributed by atoms with Crippen molar-refractivity contribution in [2.75, 3.05) is 13.6 Å². The van der Waals surface area contributed by atoms with Gasteiger partial charge in [-0.1, -0.05) is 68.8 Å². The first-order valence-corrected chi connectivity index (χ1v) is 13.7. The van der Waals surface area contributed by atoms with Crippen LogP contribution in [0, 0.1) is 5.41 Å². The van der Waals surface area contributed by atoms with Crippen molar-refractivity contribution in [3.8, 4) is 0 Å². The molecule has 1 amide bonds. The molecular weight excluding hydrogens is 519 g/mol. The minimum absolute atomic E-state index is 0.0268. The van der Waals surface area contributed by atoms with Gasteiger partial charge in [-0.3, -0.25) is 10.1 Å². The second-order valence-corrected chi connectivity index (χ2v) is 11.9. The number of hydrogen-bond donors (Lipinski definition) is 3. The Morgan fingerprint density at radius 2 is 1.97 bits per heavy atom. The molecule has 0 aromatic rings. The fourth-order valence-electron chi connectivity index (χ4n) is 4.34. The van der Waals surface area contributed by atoms with Crippen LogP contribution in [0.1, 0.15) is 46.5 Å². The van der Waals surface area contributed by atoms with Crippen LogP contribution in [0.15, 0.2) is 98.5 Å². The Balaban J connectivity index is 1.43. The van der Waals surface area contributed by atoms with Gasteiger partial charge in [0.2, 0.25) is 0 Å². The number of carbonyl (C=O) groups is 1. The molecule has 0 radical (unpaired) electrons. The molecule has 0 saturated carbocycles. The number of alkyl halides is 1. The third kappa shape index (κ3) is 7.06. The third-order valence-corrected chi connectivity index (χ3v) is 7.55. The number of hydrogen-bond acceptors (Lipinski definition) is 5. The standard InChI is InChI=1S/C30H36Cl2N4O2/c1-30(2,3)29(38)33-18-19-5-15-25(26(32)16-6-19)28(37)35-22-11-12-23-17-24(14-13-22)36(4)27(34-23)20-7-9-21(31)10-8-20/h5-9,12-14,16,21,29,33,38H,10-11,15,17-18H2,1-4H3,(H,35,37)/b22-13+,23-12+,24-14+/t21?,29-/m1/s1. The van der Waals surface area contributed by atoms with Gasteiger partial charge in [-0.25, -0.2) is 4.99 Å². The molecule has 6 nitrogen and oxygen atoms in total. The molecule has 8 heteroatoms. The third-order valence-electron chi connectivity index (χ3n) is 6.87. The summed E-state index contributed by atoms with van der Waals surface area (Å²) in [6.45, 7) is 6.39. The van der Waals surface area contributed by atoms with Gasteiger partial charge in [-0.2, -0.15) is 0 Å². The van der Waals surface area contributed by atoms with E-state index >= 15 is 0 Å². The van der Waals surface area contributed by atoms with Crippen molar-refractivity contribution < 1.29 is 9.90 Å². The van der Waals surface area contributed by atoms with Gasteiger partial charge in [-0.05, 0) is 36.6 Å². The first-order chi connectivity index (χ1) is 18.0. The molecule has 4 rings (SSSR count). The average Bonchev–Trinajstić information content (AvgIpc) is 3.05. The molecule has 1 unspecified atom stereocenters. The maximum atomic E-state index is 13.2. The lowest BCUT2D eigenvalue weighted by molar-refractivity contribution is -0.116. The summed E-state index contributed by atoms with van der Waals surface area (Å²) in [5.74, 6) is 0.683. The van der Waals surface area contributed by atoms with E-state index in [9.17, 15) is 9.90 Å². The molecule has 2 atom stereocenters. The second kappa shape index (κ2) is 12.0. The average molecular weight is 556 g/mol. The summed E-state index contributed by atoms with van der Waals surface area (Å²) >= 11 is 12.7. The van der Waals surface area contributed by atoms with E-state index < -0.39 is 6.23 Å². The zero-order valence-corrected chi connectivity index (χ0v) is 23.9. The Morgan fingerprint density at radius 3 is 2.68 bits per heavy atom. The minimum atomic E-state index is -0.645. The Morgan fingerprint density at radius 1 is 1.18 bits per heavy atom. The van der Waals surface area contributed by atoms with Crippen molar-refractivity contribution in [2.24, 2.45) is 10.4 Å². The van der Waals surface area contributed by atoms with Gasteiger partial charge in [0.15, 0.2) is 0 Å². The van der Waals surface area contributed by atoms with E-state index in [1.165, 1.54) is 0 Å². The topological polar surface area (TPSA) is 77.0 Å². The smallest absolute Gasteiger partial charge is 0.253 e. The number of nitrogens with zero attached hydrogens (tertiary/aromatic N) is 2. The molecule has 2 bridgehead atoms. The maximum absolute atomic E-state index is 13.2. The molecule has 0 fully saturated rings. The molecular formula is C30H36Cl2N4O2. The molecule has 3 N–H and O–H groups in total. The Kier molecular flexibility index (Phi) is 8.99. The summed E-state index contributed by atoms with van der Waals surface area (Å²) in [6, 6.07) is 0. The number of allylic oxidation sites excluding steroid dienone is 8. The number of nitrogens with one attached hydrogen (secondary N) is 2. The van der Waals surface area contributed by atoms with Gasteiger partial charge in [0.05, 0.1) is 5.38 Å². The molecule has 1 heterocycles. The fourth-order valence-corrected chi connectivity index (χ4v) is 4.72. The van der Waals surface area contributed by atoms with Crippen molar-refractivity contribution in [1.29, 1.82) is 0 Å². The molecule has 0 aromatic carbocycles. The molecule has 0 saturated heterocycles. The second-order valence-electron chi connectivity index (χ2n) is 10.9. The van der Waals surface area contributed by atoms with Gasteiger partial charge in [0, 0.05) is 65.1 Å². The van der Waals surface area contributed by atoms with Crippen LogP contribution in [0.5, 0.6) is 0 Å². The highest BCUT2D eigenvalue weighted by Crippen LogP contribution is 2.30. The minimum Gasteiger partial charge on any atom is -0.378 e. The Hall–Kier alpha value is -2.64. The van der Waals surface area contributed by atoms with E-state index in [2.05, 4.69) is 27.7 Å². The summed E-state index contributed by atoms with van der Waals surface area (Å²) in [5, 5.41) is 16.9. The largest absolute Gasteiger partial charge is 0.378 e. The molecule has 4 aliphatic rings. The normalized spacial score (nSPS) is 26.8. The first kappa shape index (κ1) is 28.4. The van der Waals surface area contributed by atoms with E-state index in [-0.39, 0.29) is 16.7 Å². The van der Waals surface area contributed by atoms with Crippen LogP contribution >= 0.6 is 23.2 Å². The van der Waals surface area contributed by atoms with E-state index in [1.807, 2.05) is 64.3 Å². The maximum Gasteiger partial charge on any atom is 0.253 e. The predicted octanol–water partition coefficient (Wildman–Crippen LogP) is 5.72. The summed E-state index contributed by atoms with van der Waals surface area (Å²) in [7, 11) is 2.01. The number of halogens is 2. The van der Waals surface area contributed by atoms with Crippen LogP contribution in [-0.2, 0) is 4.79 Å². The van der Waals surface area contributed by atoms with E-state index in [1.54, 1.807) is 6.08 Å². The number of aliphatic hydroxyl groups is 1. The van der Waals surface area contributed by atoms with Gasteiger partial charge in [0.1, 0.15) is 12.1 Å². The van der Waals surface area contributed by atoms with Gasteiger partial charge in [0.25, 0.3) is 5.91 Å². The van der Waals surface area contributed by atoms with Crippen LogP contribution in [0.4, 0.5) is 0 Å². The quantitative estimate of drug-likeness (QED) is 0.290. The summed E-state index contributed by atoms with van der Waals surface area (Å²) < 4.78 is 0. The SMILES string of the molecule is CN1C(C2=CCC(Cl)C=C2)=N/C2=C/C/C(NC(=O)C3=C(Cl)C=CC(CN[C@H](O)C(C)(C)C)=CC3)=C\C=C\1C2. The fraction of sp³-hybridized carbons (Fsp3) is 0.400. The van der Waals surface area contributed by atoms with Crippen molar-refractivity contribution in [2.45, 2.75) is 58.1 Å². The highest BCUT2D eigenvalue weighted by atomic mass is 35.5. The molecule has 38 heavy (non-hydrogen) atoms. The van der Waals surface area contributed by atoms with Crippen molar-refractivity contribution >= 4 is 34.9 Å². The van der Waals surface area contributed by atoms with Crippen LogP contribution in [0.2, 0.25) is 0 Å². The number of likely N-dealkylation sites (N-methyl/N-ethyl adjacent to an activating group) is 1. The van der Waals surface area contributed by atoms with Crippen molar-refractivity contribution in [3.05, 3.63) is 93.5 Å².